The molecule has 0 saturated heterocycles. The van der Waals surface area contributed by atoms with Gasteiger partial charge >= 0.3 is 0 Å². The molecule has 0 aromatic heterocycles. The molecule has 728 valence electrons. The van der Waals surface area contributed by atoms with E-state index in [0.717, 1.165) is 38.5 Å². The van der Waals surface area contributed by atoms with Crippen molar-refractivity contribution < 1.29 is 0 Å². The lowest BCUT2D eigenvalue weighted by Crippen LogP contribution is -2.26. The molecular weight excluding hydrogens is 1670 g/mol. The number of hydrogen-bond donors (Lipinski definition) is 0. The van der Waals surface area contributed by atoms with Crippen molar-refractivity contribution in [3.8, 4) is 122 Å². The Labute approximate surface area is 843 Å². The van der Waals surface area contributed by atoms with Crippen LogP contribution in [-0.2, 0) is 32.5 Å². The van der Waals surface area contributed by atoms with E-state index < -0.39 is 0 Å². The van der Waals surface area contributed by atoms with Crippen molar-refractivity contribution in [1.82, 2.24) is 0 Å². The Balaban J connectivity index is 0.677. The molecule has 139 heavy (non-hydrogen) atoms. The largest absolute Gasteiger partial charge is 0.0654 e. The molecule has 0 aliphatic heterocycles. The number of fused-ring (bicyclic) bond motifs is 18. The maximum atomic E-state index is 2.76. The van der Waals surface area contributed by atoms with Crippen LogP contribution in [0.15, 0.2) is 224 Å². The molecule has 0 heterocycles. The zero-order chi connectivity index (χ0) is 96.3. The van der Waals surface area contributed by atoms with E-state index in [2.05, 4.69) is 314 Å². The molecule has 6 aliphatic carbocycles. The van der Waals surface area contributed by atoms with Gasteiger partial charge in [0.1, 0.15) is 0 Å². The van der Waals surface area contributed by atoms with Crippen LogP contribution in [0.4, 0.5) is 0 Å². The molecule has 0 fully saturated rings. The van der Waals surface area contributed by atoms with Crippen LogP contribution >= 0.6 is 0 Å². The van der Waals surface area contributed by atoms with Crippen LogP contribution in [0.25, 0.3) is 122 Å². The van der Waals surface area contributed by atoms with Crippen LogP contribution in [0.5, 0.6) is 0 Å². The van der Waals surface area contributed by atoms with E-state index in [9.17, 15) is 0 Å². The van der Waals surface area contributed by atoms with Crippen molar-refractivity contribution in [2.24, 2.45) is 0 Å². The van der Waals surface area contributed by atoms with Crippen LogP contribution in [-0.4, -0.2) is 0 Å². The summed E-state index contributed by atoms with van der Waals surface area (Å²) in [6.07, 6.45) is 61.0. The van der Waals surface area contributed by atoms with Gasteiger partial charge in [0.05, 0.1) is 0 Å². The summed E-state index contributed by atoms with van der Waals surface area (Å²) in [5.74, 6) is 0. The van der Waals surface area contributed by atoms with Crippen molar-refractivity contribution in [2.75, 3.05) is 0 Å². The third-order valence-electron chi connectivity index (χ3n) is 37.3. The van der Waals surface area contributed by atoms with Gasteiger partial charge < -0.3 is 0 Å². The van der Waals surface area contributed by atoms with Crippen molar-refractivity contribution in [3.05, 3.63) is 297 Å². The highest BCUT2D eigenvalue weighted by Crippen LogP contribution is 2.64. The second-order valence-corrected chi connectivity index (χ2v) is 44.9. The maximum Gasteiger partial charge on any atom is 0.0215 e. The average molecular weight is 1840 g/mol. The molecule has 12 aromatic rings. The van der Waals surface area contributed by atoms with E-state index in [1.165, 1.54) is 431 Å². The molecule has 0 atom stereocenters. The molecule has 0 heteroatoms. The Morgan fingerprint density at radius 2 is 0.288 bits per heavy atom. The fourth-order valence-electron chi connectivity index (χ4n) is 29.1. The predicted molar refractivity (Wildman–Crippen MR) is 605 cm³/mol. The number of benzene rings is 12. The minimum absolute atomic E-state index is 0.0198. The summed E-state index contributed by atoms with van der Waals surface area (Å²) in [6.45, 7) is 31.3. The van der Waals surface area contributed by atoms with Crippen LogP contribution < -0.4 is 0 Å². The first-order valence-corrected chi connectivity index (χ1v) is 57.9. The third-order valence-corrected chi connectivity index (χ3v) is 37.3. The van der Waals surface area contributed by atoms with Crippen molar-refractivity contribution in [2.45, 2.75) is 431 Å². The summed E-state index contributed by atoms with van der Waals surface area (Å²) in [5.41, 5.74) is 50.9. The standard InChI is InChI=1S/C139H172/c1-14-26-32-38-44-52-82-137(83-53-45-39-33-27-15-2)122-59-51-50-58-110(122)112-72-61-105(94-129(112)137)101-63-74-114-115-75-64-102(91-126(115)135(22-9,23-10)125(114)90-101)108-69-80-120-121-81-70-109(98-133(121)139(132(120)97-108,86-56-48-42-36-30-18-5)87-57-49-43-37-31-19-6)104-66-77-117-116-76-65-103(92-127(116)136(24-11,25-12)128(117)93-104)107-68-79-119-118-78-67-106(100-62-73-113-111-71-60-99(13)88-123(111)134(20-7,21-8)124(113)89-100)95-130(118)138(131(119)96-107,84-54-46-40-34-28-16-3)85-55-47-41-35-29-17-4/h50-51,58-81,88-98H,14-49,52-57,82-87H2,1-13H3. The maximum absolute atomic E-state index is 2.76. The lowest BCUT2D eigenvalue weighted by atomic mass is 9.69. The van der Waals surface area contributed by atoms with Crippen molar-refractivity contribution >= 4 is 0 Å². The van der Waals surface area contributed by atoms with E-state index in [1.54, 1.807) is 33.4 Å². The zero-order valence-corrected chi connectivity index (χ0v) is 88.8. The smallest absolute Gasteiger partial charge is 0.0215 e. The quantitative estimate of drug-likeness (QED) is 0.0333. The first-order chi connectivity index (χ1) is 68.2. The molecule has 0 nitrogen and oxygen atoms in total. The molecule has 12 aromatic carbocycles. The van der Waals surface area contributed by atoms with Gasteiger partial charge in [0, 0.05) is 32.5 Å². The van der Waals surface area contributed by atoms with Gasteiger partial charge in [0.25, 0.3) is 0 Å². The molecule has 0 spiro atoms. The molecule has 0 radical (unpaired) electrons. The Hall–Kier alpha value is -9.36. The first-order valence-electron chi connectivity index (χ1n) is 57.9. The summed E-state index contributed by atoms with van der Waals surface area (Å²) in [7, 11) is 0. The fourth-order valence-corrected chi connectivity index (χ4v) is 29.1. The average Bonchev–Trinajstić information content (AvgIpc) is 1.53. The zero-order valence-electron chi connectivity index (χ0n) is 88.8. The van der Waals surface area contributed by atoms with Gasteiger partial charge in [-0.25, -0.2) is 0 Å². The topological polar surface area (TPSA) is 0 Å². The van der Waals surface area contributed by atoms with Crippen molar-refractivity contribution in [1.29, 1.82) is 0 Å². The summed E-state index contributed by atoms with van der Waals surface area (Å²) in [6, 6.07) is 94.6. The lowest BCUT2D eigenvalue weighted by Gasteiger charge is -2.34. The summed E-state index contributed by atoms with van der Waals surface area (Å²) >= 11 is 0. The predicted octanol–water partition coefficient (Wildman–Crippen LogP) is 42.9. The van der Waals surface area contributed by atoms with Crippen LogP contribution in [0, 0.1) is 6.92 Å². The molecule has 0 bridgehead atoms. The number of hydrogen-bond acceptors (Lipinski definition) is 0. The molecule has 0 unspecified atom stereocenters. The minimum Gasteiger partial charge on any atom is -0.0654 e. The molecule has 0 saturated carbocycles. The Morgan fingerprint density at radius 3 is 0.482 bits per heavy atom. The van der Waals surface area contributed by atoms with E-state index >= 15 is 0 Å². The van der Waals surface area contributed by atoms with Gasteiger partial charge in [0.2, 0.25) is 0 Å². The Bertz CT molecular complexity index is 6170. The molecule has 0 N–H and O–H groups in total. The van der Waals surface area contributed by atoms with E-state index in [-0.39, 0.29) is 32.5 Å². The minimum atomic E-state index is -0.129. The van der Waals surface area contributed by atoms with Gasteiger partial charge in [0.15, 0.2) is 0 Å². The van der Waals surface area contributed by atoms with Crippen LogP contribution in [0.1, 0.15) is 464 Å². The fraction of sp³-hybridized carbons (Fsp3) is 0.482. The Kier molecular flexibility index (Phi) is 32.1. The highest BCUT2D eigenvalue weighted by atomic mass is 14.5. The van der Waals surface area contributed by atoms with Crippen LogP contribution in [0.3, 0.4) is 0 Å². The monoisotopic (exact) mass is 1840 g/mol. The SMILES string of the molecule is CCCCCCCCC1(CCCCCCCC)c2ccccc2-c2ccc(-c3ccc4c(c3)C(CC)(CC)c3cc(-c5ccc6c(c5)C(CCCCCCCC)(CCCCCCCC)c5cc(-c7ccc8c(c7)C(CC)(CC)c7cc(-c9ccc%10c(c9)C(CCCCCCCC)(CCCCCCCC)c9cc(-c%11ccc%12c(c%11)C(CC)(CC)c%11cc(C)ccc%11-%12)ccc9-%10)ccc7-8)ccc5-6)ccc3-4)cc21. The van der Waals surface area contributed by atoms with Gasteiger partial charge in [-0.05, 0) is 334 Å². The number of aryl methyl sites for hydroxylation is 1. The van der Waals surface area contributed by atoms with E-state index in [0.29, 0.717) is 0 Å². The summed E-state index contributed by atoms with van der Waals surface area (Å²) < 4.78 is 0. The number of rotatable bonds is 53. The van der Waals surface area contributed by atoms with Gasteiger partial charge in [-0.1, -0.05) is 484 Å². The second kappa shape index (κ2) is 44.7. The van der Waals surface area contributed by atoms with Crippen LogP contribution in [0.2, 0.25) is 0 Å². The van der Waals surface area contributed by atoms with E-state index in [1.807, 2.05) is 0 Å². The molecule has 18 rings (SSSR count). The van der Waals surface area contributed by atoms with Gasteiger partial charge in [-0.15, -0.1) is 0 Å². The molecular formula is C139H172. The second-order valence-electron chi connectivity index (χ2n) is 44.9. The molecule has 0 amide bonds. The van der Waals surface area contributed by atoms with Gasteiger partial charge in [-0.2, -0.15) is 0 Å². The normalized spacial score (nSPS) is 15.2. The summed E-state index contributed by atoms with van der Waals surface area (Å²) in [5, 5.41) is 0. The number of unbranched alkanes of at least 4 members (excludes halogenated alkanes) is 30. The molecule has 6 aliphatic rings. The van der Waals surface area contributed by atoms with Crippen molar-refractivity contribution in [3.63, 3.8) is 0 Å². The summed E-state index contributed by atoms with van der Waals surface area (Å²) in [4.78, 5) is 0. The first kappa shape index (κ1) is 99.8. The third kappa shape index (κ3) is 18.6. The highest BCUT2D eigenvalue weighted by Gasteiger charge is 2.50. The van der Waals surface area contributed by atoms with Gasteiger partial charge in [-0.3, -0.25) is 0 Å². The Morgan fingerprint density at radius 1 is 0.137 bits per heavy atom. The van der Waals surface area contributed by atoms with E-state index in [4.69, 9.17) is 0 Å². The lowest BCUT2D eigenvalue weighted by molar-refractivity contribution is 0.398. The highest BCUT2D eigenvalue weighted by molar-refractivity contribution is 5.94.